The van der Waals surface area contributed by atoms with Gasteiger partial charge in [0.05, 0.1) is 13.7 Å². The molecule has 1 aromatic rings. The van der Waals surface area contributed by atoms with Crippen molar-refractivity contribution in [3.63, 3.8) is 0 Å². The first kappa shape index (κ1) is 19.8. The van der Waals surface area contributed by atoms with Gasteiger partial charge < -0.3 is 24.6 Å². The predicted octanol–water partition coefficient (Wildman–Crippen LogP) is 2.58. The fraction of sp³-hybridized carbons (Fsp3) is 0.529. The largest absolute Gasteiger partial charge is 0.497 e. The number of rotatable bonds is 8. The maximum Gasteiger partial charge on any atom is 0.408 e. The molecule has 0 aromatic heterocycles. The second-order valence-corrected chi connectivity index (χ2v) is 6.23. The van der Waals surface area contributed by atoms with Crippen LogP contribution in [-0.4, -0.2) is 42.5 Å². The lowest BCUT2D eigenvalue weighted by Gasteiger charge is -2.22. The Kier molecular flexibility index (Phi) is 7.51. The number of hydrogen-bond donors (Lipinski definition) is 2. The number of carbonyl (C=O) groups is 2. The van der Waals surface area contributed by atoms with Crippen molar-refractivity contribution in [3.8, 4) is 5.75 Å². The van der Waals surface area contributed by atoms with Gasteiger partial charge in [-0.2, -0.15) is 0 Å². The van der Waals surface area contributed by atoms with E-state index in [1.165, 1.54) is 0 Å². The summed E-state index contributed by atoms with van der Waals surface area (Å²) in [5.41, 5.74) is 0.264. The zero-order valence-corrected chi connectivity index (χ0v) is 14.5. The summed E-state index contributed by atoms with van der Waals surface area (Å²) < 4.78 is 15.6. The average molecular weight is 339 g/mol. The van der Waals surface area contributed by atoms with Crippen molar-refractivity contribution in [2.45, 2.75) is 45.4 Å². The van der Waals surface area contributed by atoms with Gasteiger partial charge in [-0.3, -0.25) is 0 Å². The minimum absolute atomic E-state index is 0.144. The molecule has 0 fully saturated rings. The Balaban J connectivity index is 2.38. The molecule has 0 aliphatic rings. The molecule has 1 atom stereocenters. The third-order valence-electron chi connectivity index (χ3n) is 2.97. The molecule has 0 saturated carbocycles. The van der Waals surface area contributed by atoms with Gasteiger partial charge in [-0.1, -0.05) is 12.1 Å². The van der Waals surface area contributed by atoms with E-state index in [1.807, 2.05) is 24.3 Å². The van der Waals surface area contributed by atoms with Gasteiger partial charge in [-0.15, -0.1) is 0 Å². The first-order valence-electron chi connectivity index (χ1n) is 7.64. The molecule has 24 heavy (non-hydrogen) atoms. The van der Waals surface area contributed by atoms with Crippen molar-refractivity contribution in [2.75, 3.05) is 13.7 Å². The minimum atomic E-state index is -1.13. The van der Waals surface area contributed by atoms with Crippen LogP contribution in [0.4, 0.5) is 4.79 Å². The molecule has 1 amide bonds. The van der Waals surface area contributed by atoms with Crippen LogP contribution in [0.1, 0.15) is 32.8 Å². The van der Waals surface area contributed by atoms with E-state index in [1.54, 1.807) is 27.9 Å². The third kappa shape index (κ3) is 7.82. The van der Waals surface area contributed by atoms with Gasteiger partial charge in [0.2, 0.25) is 0 Å². The molecule has 0 aliphatic heterocycles. The number of alkyl carbamates (subject to hydrolysis) is 1. The number of nitrogens with one attached hydrogen (secondary N) is 1. The van der Waals surface area contributed by atoms with E-state index in [4.69, 9.17) is 19.3 Å². The Morgan fingerprint density at radius 3 is 2.33 bits per heavy atom. The van der Waals surface area contributed by atoms with Crippen LogP contribution in [0, 0.1) is 0 Å². The monoisotopic (exact) mass is 339 g/mol. The lowest BCUT2D eigenvalue weighted by atomic mass is 10.2. The second kappa shape index (κ2) is 9.12. The first-order valence-corrected chi connectivity index (χ1v) is 7.64. The number of carboxylic acid groups (broad SMARTS) is 1. The molecule has 0 spiro atoms. The zero-order valence-electron chi connectivity index (χ0n) is 14.5. The highest BCUT2D eigenvalue weighted by Crippen LogP contribution is 2.12. The number of carbonyl (C=O) groups excluding carboxylic acids is 1. The average Bonchev–Trinajstić information content (AvgIpc) is 2.48. The van der Waals surface area contributed by atoms with Gasteiger partial charge >= 0.3 is 12.1 Å². The molecule has 0 aliphatic carbocycles. The third-order valence-corrected chi connectivity index (χ3v) is 2.97. The van der Waals surface area contributed by atoms with E-state index in [-0.39, 0.29) is 13.0 Å². The molecule has 1 rings (SSSR count). The summed E-state index contributed by atoms with van der Waals surface area (Å²) in [6.07, 6.45) is -0.616. The summed E-state index contributed by atoms with van der Waals surface area (Å²) in [4.78, 5) is 22.8. The van der Waals surface area contributed by atoms with Gasteiger partial charge in [0.1, 0.15) is 17.4 Å². The van der Waals surface area contributed by atoms with Crippen molar-refractivity contribution < 1.29 is 28.9 Å². The van der Waals surface area contributed by atoms with Crippen molar-refractivity contribution in [1.82, 2.24) is 5.32 Å². The van der Waals surface area contributed by atoms with Crippen LogP contribution in [0.25, 0.3) is 0 Å². The molecular weight excluding hydrogens is 314 g/mol. The highest BCUT2D eigenvalue weighted by atomic mass is 16.6. The number of aliphatic carboxylic acids is 1. The molecule has 0 heterocycles. The molecule has 134 valence electrons. The van der Waals surface area contributed by atoms with Gasteiger partial charge in [-0.05, 0) is 38.5 Å². The van der Waals surface area contributed by atoms with E-state index in [2.05, 4.69) is 5.32 Å². The van der Waals surface area contributed by atoms with Crippen molar-refractivity contribution >= 4 is 12.1 Å². The molecule has 0 radical (unpaired) electrons. The maximum absolute atomic E-state index is 11.6. The lowest BCUT2D eigenvalue weighted by Crippen LogP contribution is -2.44. The van der Waals surface area contributed by atoms with Crippen LogP contribution in [0.15, 0.2) is 24.3 Å². The molecule has 7 heteroatoms. The maximum atomic E-state index is 11.6. The van der Waals surface area contributed by atoms with Crippen LogP contribution in [0.5, 0.6) is 5.75 Å². The number of benzene rings is 1. The SMILES string of the molecule is COc1ccc(COCC[C@H](NC(=O)OC(C)(C)C)C(=O)O)cc1. The lowest BCUT2D eigenvalue weighted by molar-refractivity contribution is -0.140. The molecule has 2 N–H and O–H groups in total. The van der Waals surface area contributed by atoms with Crippen LogP contribution < -0.4 is 10.1 Å². The summed E-state index contributed by atoms with van der Waals surface area (Å²) in [6.45, 7) is 5.67. The fourth-order valence-corrected chi connectivity index (χ4v) is 1.82. The van der Waals surface area contributed by atoms with Gasteiger partial charge in [0.15, 0.2) is 0 Å². The smallest absolute Gasteiger partial charge is 0.408 e. The normalized spacial score (nSPS) is 12.3. The zero-order chi connectivity index (χ0) is 18.2. The topological polar surface area (TPSA) is 94.1 Å². The molecule has 0 unspecified atom stereocenters. The van der Waals surface area contributed by atoms with E-state index < -0.39 is 23.7 Å². The van der Waals surface area contributed by atoms with Gasteiger partial charge in [-0.25, -0.2) is 9.59 Å². The molecule has 0 saturated heterocycles. The number of hydrogen-bond acceptors (Lipinski definition) is 5. The molecule has 7 nitrogen and oxygen atoms in total. The minimum Gasteiger partial charge on any atom is -0.497 e. The quantitative estimate of drug-likeness (QED) is 0.707. The Hall–Kier alpha value is -2.28. The predicted molar refractivity (Wildman–Crippen MR) is 88.1 cm³/mol. The molecular formula is C17H25NO6. The number of carboxylic acids is 1. The second-order valence-electron chi connectivity index (χ2n) is 6.23. The Bertz CT molecular complexity index is 535. The summed E-state index contributed by atoms with van der Waals surface area (Å²) in [5, 5.41) is 11.5. The van der Waals surface area contributed by atoms with E-state index in [0.717, 1.165) is 11.3 Å². The number of ether oxygens (including phenoxy) is 3. The van der Waals surface area contributed by atoms with E-state index in [0.29, 0.717) is 6.61 Å². The van der Waals surface area contributed by atoms with E-state index in [9.17, 15) is 9.59 Å². The molecule has 0 bridgehead atoms. The van der Waals surface area contributed by atoms with Crippen LogP contribution in [0.3, 0.4) is 0 Å². The van der Waals surface area contributed by atoms with Crippen LogP contribution in [0.2, 0.25) is 0 Å². The van der Waals surface area contributed by atoms with Crippen molar-refractivity contribution in [2.24, 2.45) is 0 Å². The summed E-state index contributed by atoms with van der Waals surface area (Å²) >= 11 is 0. The summed E-state index contributed by atoms with van der Waals surface area (Å²) in [5.74, 6) is -0.375. The molecule has 1 aromatic carbocycles. The summed E-state index contributed by atoms with van der Waals surface area (Å²) in [7, 11) is 1.59. The standard InChI is InChI=1S/C17H25NO6/c1-17(2,3)24-16(21)18-14(15(19)20)9-10-23-11-12-5-7-13(22-4)8-6-12/h5-8,14H,9-11H2,1-4H3,(H,18,21)(H,19,20)/t14-/m0/s1. The highest BCUT2D eigenvalue weighted by molar-refractivity contribution is 5.79. The summed E-state index contributed by atoms with van der Waals surface area (Å²) in [6, 6.07) is 6.32. The van der Waals surface area contributed by atoms with Crippen LogP contribution in [-0.2, 0) is 20.9 Å². The number of amides is 1. The Morgan fingerprint density at radius 2 is 1.83 bits per heavy atom. The first-order chi connectivity index (χ1) is 11.2. The van der Waals surface area contributed by atoms with E-state index >= 15 is 0 Å². The van der Waals surface area contributed by atoms with Crippen molar-refractivity contribution in [3.05, 3.63) is 29.8 Å². The Labute approximate surface area is 141 Å². The Morgan fingerprint density at radius 1 is 1.21 bits per heavy atom. The number of methoxy groups -OCH3 is 1. The highest BCUT2D eigenvalue weighted by Gasteiger charge is 2.23. The van der Waals surface area contributed by atoms with Crippen LogP contribution >= 0.6 is 0 Å². The van der Waals surface area contributed by atoms with Gasteiger partial charge in [0, 0.05) is 13.0 Å². The fourth-order valence-electron chi connectivity index (χ4n) is 1.82. The van der Waals surface area contributed by atoms with Crippen molar-refractivity contribution in [1.29, 1.82) is 0 Å². The van der Waals surface area contributed by atoms with Gasteiger partial charge in [0.25, 0.3) is 0 Å².